The Bertz CT molecular complexity index is 1850. The number of rotatable bonds is 8. The highest BCUT2D eigenvalue weighted by Crippen LogP contribution is 2.35. The maximum Gasteiger partial charge on any atom is 0.169 e. The van der Waals surface area contributed by atoms with Gasteiger partial charge in [0, 0.05) is 40.3 Å². The van der Waals surface area contributed by atoms with Crippen LogP contribution in [0.15, 0.2) is 55.1 Å². The Balaban J connectivity index is 1.20. The number of carbonyl (C=O) groups is 1. The molecule has 6 aromatic heterocycles. The summed E-state index contributed by atoms with van der Waals surface area (Å²) < 4.78 is 6.00. The van der Waals surface area contributed by atoms with Crippen LogP contribution in [0, 0.1) is 0 Å². The Morgan fingerprint density at radius 3 is 2.85 bits per heavy atom. The van der Waals surface area contributed by atoms with Crippen LogP contribution in [0.5, 0.6) is 5.75 Å². The van der Waals surface area contributed by atoms with Crippen LogP contribution < -0.4 is 4.74 Å². The number of hydrogen-bond donors (Lipinski definition) is 2. The summed E-state index contributed by atoms with van der Waals surface area (Å²) in [6.07, 6.45) is 9.57. The molecule has 200 valence electrons. The third-order valence-corrected chi connectivity index (χ3v) is 8.38. The third-order valence-electron chi connectivity index (χ3n) is 7.16. The topological polar surface area (TPSA) is 126 Å². The molecule has 0 spiro atoms. The van der Waals surface area contributed by atoms with Crippen molar-refractivity contribution < 1.29 is 9.53 Å². The van der Waals surface area contributed by atoms with Crippen molar-refractivity contribution in [1.82, 2.24) is 40.0 Å². The Kier molecular flexibility index (Phi) is 6.29. The first-order valence-corrected chi connectivity index (χ1v) is 14.0. The fraction of sp³-hybridized carbons (Fsp3) is 0.241. The minimum Gasteiger partial charge on any atom is -0.491 e. The molecule has 1 saturated heterocycles. The Morgan fingerprint density at radius 1 is 1.10 bits per heavy atom. The van der Waals surface area contributed by atoms with E-state index in [0.717, 1.165) is 63.5 Å². The second-order valence-electron chi connectivity index (χ2n) is 9.86. The zero-order valence-electron chi connectivity index (χ0n) is 21.8. The molecule has 0 unspecified atom stereocenters. The van der Waals surface area contributed by atoms with Gasteiger partial charge in [-0.15, -0.1) is 11.3 Å². The molecule has 7 rings (SSSR count). The molecule has 40 heavy (non-hydrogen) atoms. The average molecular weight is 551 g/mol. The quantitative estimate of drug-likeness (QED) is 0.243. The summed E-state index contributed by atoms with van der Waals surface area (Å²) in [6, 6.07) is 9.67. The van der Waals surface area contributed by atoms with Crippen molar-refractivity contribution in [3.05, 3.63) is 60.0 Å². The third kappa shape index (κ3) is 4.63. The number of ketones is 1. The van der Waals surface area contributed by atoms with Gasteiger partial charge in [0.1, 0.15) is 23.6 Å². The monoisotopic (exact) mass is 550 g/mol. The molecule has 1 aliphatic rings. The van der Waals surface area contributed by atoms with E-state index in [1.54, 1.807) is 31.7 Å². The van der Waals surface area contributed by atoms with Gasteiger partial charge in [-0.3, -0.25) is 24.8 Å². The van der Waals surface area contributed by atoms with Crippen LogP contribution in [-0.4, -0.2) is 72.0 Å². The summed E-state index contributed by atoms with van der Waals surface area (Å²) in [5.41, 5.74) is 5.38. The highest BCUT2D eigenvalue weighted by atomic mass is 32.1. The molecule has 0 aliphatic carbocycles. The van der Waals surface area contributed by atoms with Gasteiger partial charge in [0.2, 0.25) is 0 Å². The first-order valence-electron chi connectivity index (χ1n) is 13.2. The van der Waals surface area contributed by atoms with Gasteiger partial charge in [0.05, 0.1) is 28.5 Å². The lowest BCUT2D eigenvalue weighted by Gasteiger charge is -2.15. The minimum atomic E-state index is 0.0473. The number of H-pyrrole nitrogens is 2. The number of nitrogens with one attached hydrogen (secondary N) is 2. The Hall–Kier alpha value is -4.48. The maximum absolute atomic E-state index is 11.8. The molecule has 6 aromatic rings. The summed E-state index contributed by atoms with van der Waals surface area (Å²) in [4.78, 5) is 37.6. The first-order chi connectivity index (χ1) is 19.6. The molecule has 0 amide bonds. The normalized spacial score (nSPS) is 13.9. The van der Waals surface area contributed by atoms with Crippen molar-refractivity contribution in [1.29, 1.82) is 0 Å². The number of nitrogens with zero attached hydrogens (tertiary/aromatic N) is 6. The summed E-state index contributed by atoms with van der Waals surface area (Å²) in [5, 5.41) is 8.49. The number of Topliss-reactive ketones (excluding diaryl/α,β-unsaturated/α-hetero) is 1. The number of pyridine rings is 3. The van der Waals surface area contributed by atoms with Crippen LogP contribution >= 0.6 is 11.3 Å². The molecule has 10 nitrogen and oxygen atoms in total. The van der Waals surface area contributed by atoms with Crippen LogP contribution in [0.25, 0.3) is 55.3 Å². The standard InChI is InChI=1S/C29H26N8O2S/c1-17(38)24-4-5-25(40-24)20-6-7-31-28-26(20)33-29(34-28)27-21-13-22(32-16-23(21)35-36-27)18-12-19(15-30-14-18)39-11-10-37-8-2-3-9-37/h4-7,12-16H,2-3,8-11H2,1H3,(H,35,36)(H,31,33,34). The molecule has 1 aliphatic heterocycles. The van der Waals surface area contributed by atoms with Crippen molar-refractivity contribution in [2.24, 2.45) is 0 Å². The maximum atomic E-state index is 11.8. The average Bonchev–Trinajstić information content (AvgIpc) is 3.78. The van der Waals surface area contributed by atoms with Gasteiger partial charge in [0.25, 0.3) is 0 Å². The van der Waals surface area contributed by atoms with Crippen LogP contribution in [0.4, 0.5) is 0 Å². The lowest BCUT2D eigenvalue weighted by molar-refractivity contribution is 0.102. The van der Waals surface area contributed by atoms with E-state index in [9.17, 15) is 4.79 Å². The molecular weight excluding hydrogens is 524 g/mol. The summed E-state index contributed by atoms with van der Waals surface area (Å²) in [7, 11) is 0. The highest BCUT2D eigenvalue weighted by molar-refractivity contribution is 7.17. The van der Waals surface area contributed by atoms with Crippen molar-refractivity contribution in [2.45, 2.75) is 19.8 Å². The largest absolute Gasteiger partial charge is 0.491 e. The number of ether oxygens (including phenoxy) is 1. The van der Waals surface area contributed by atoms with Crippen molar-refractivity contribution in [3.63, 3.8) is 0 Å². The fourth-order valence-electron chi connectivity index (χ4n) is 5.09. The molecule has 7 heterocycles. The molecule has 1 fully saturated rings. The molecular formula is C29H26N8O2S. The number of aromatic nitrogens is 7. The van der Waals surface area contributed by atoms with E-state index in [1.807, 2.05) is 30.3 Å². The smallest absolute Gasteiger partial charge is 0.169 e. The molecule has 0 saturated carbocycles. The van der Waals surface area contributed by atoms with Gasteiger partial charge in [0.15, 0.2) is 17.3 Å². The van der Waals surface area contributed by atoms with Crippen molar-refractivity contribution >= 4 is 39.2 Å². The van der Waals surface area contributed by atoms with Crippen LogP contribution in [0.2, 0.25) is 0 Å². The van der Waals surface area contributed by atoms with Gasteiger partial charge < -0.3 is 9.72 Å². The summed E-state index contributed by atoms with van der Waals surface area (Å²) in [6.45, 7) is 5.43. The SMILES string of the molecule is CC(=O)c1ccc(-c2ccnc3[nH]c(-c4n[nH]c5cnc(-c6cncc(OCCN7CCCC7)c6)cc45)nc23)s1. The van der Waals surface area contributed by atoms with Gasteiger partial charge in [-0.25, -0.2) is 9.97 Å². The zero-order valence-corrected chi connectivity index (χ0v) is 22.7. The number of hydrogen-bond acceptors (Lipinski definition) is 9. The van der Waals surface area contributed by atoms with E-state index in [1.165, 1.54) is 24.2 Å². The van der Waals surface area contributed by atoms with E-state index >= 15 is 0 Å². The van der Waals surface area contributed by atoms with E-state index in [2.05, 4.69) is 35.0 Å². The fourth-order valence-corrected chi connectivity index (χ4v) is 6.01. The summed E-state index contributed by atoms with van der Waals surface area (Å²) in [5.74, 6) is 1.37. The van der Waals surface area contributed by atoms with E-state index < -0.39 is 0 Å². The molecule has 0 bridgehead atoms. The Labute approximate surface area is 233 Å². The second kappa shape index (κ2) is 10.2. The zero-order chi connectivity index (χ0) is 27.1. The lowest BCUT2D eigenvalue weighted by Crippen LogP contribution is -2.25. The van der Waals surface area contributed by atoms with Crippen molar-refractivity contribution in [2.75, 3.05) is 26.2 Å². The number of thiophene rings is 1. The van der Waals surface area contributed by atoms with E-state index in [-0.39, 0.29) is 5.78 Å². The predicted octanol–water partition coefficient (Wildman–Crippen LogP) is 5.36. The second-order valence-corrected chi connectivity index (χ2v) is 10.9. The molecule has 11 heteroatoms. The van der Waals surface area contributed by atoms with E-state index in [0.29, 0.717) is 28.6 Å². The number of carbonyl (C=O) groups excluding carboxylic acids is 1. The predicted molar refractivity (Wildman–Crippen MR) is 154 cm³/mol. The number of fused-ring (bicyclic) bond motifs is 2. The highest BCUT2D eigenvalue weighted by Gasteiger charge is 2.18. The first kappa shape index (κ1) is 24.6. The van der Waals surface area contributed by atoms with Gasteiger partial charge in [-0.1, -0.05) is 0 Å². The number of imidazole rings is 1. The van der Waals surface area contributed by atoms with Gasteiger partial charge in [-0.2, -0.15) is 5.10 Å². The van der Waals surface area contributed by atoms with Crippen LogP contribution in [0.1, 0.15) is 29.4 Å². The van der Waals surface area contributed by atoms with E-state index in [4.69, 9.17) is 9.72 Å². The molecule has 0 atom stereocenters. The van der Waals surface area contributed by atoms with Crippen molar-refractivity contribution in [3.8, 4) is 39.0 Å². The Morgan fingerprint density at radius 2 is 2.00 bits per heavy atom. The van der Waals surface area contributed by atoms with Gasteiger partial charge in [-0.05, 0) is 63.2 Å². The number of aromatic amines is 2. The van der Waals surface area contributed by atoms with Gasteiger partial charge >= 0.3 is 0 Å². The van der Waals surface area contributed by atoms with Crippen LogP contribution in [-0.2, 0) is 0 Å². The molecule has 2 N–H and O–H groups in total. The molecule has 0 radical (unpaired) electrons. The molecule has 0 aromatic carbocycles. The lowest BCUT2D eigenvalue weighted by atomic mass is 10.1. The van der Waals surface area contributed by atoms with Crippen LogP contribution in [0.3, 0.4) is 0 Å². The summed E-state index contributed by atoms with van der Waals surface area (Å²) >= 11 is 1.45. The minimum absolute atomic E-state index is 0.0473. The number of likely N-dealkylation sites (tertiary alicyclic amines) is 1.